The lowest BCUT2D eigenvalue weighted by atomic mass is 9.74. The van der Waals surface area contributed by atoms with Gasteiger partial charge in [0.1, 0.15) is 5.75 Å². The maximum absolute atomic E-state index is 10.7. The molecule has 0 aliphatic carbocycles. The first-order valence-electron chi connectivity index (χ1n) is 7.66. The number of phenolic OH excluding ortho intramolecular Hbond substituents is 1. The van der Waals surface area contributed by atoms with Crippen LogP contribution < -0.4 is 0 Å². The van der Waals surface area contributed by atoms with E-state index in [0.717, 1.165) is 11.1 Å². The molecule has 2 heteroatoms. The van der Waals surface area contributed by atoms with Crippen molar-refractivity contribution in [3.05, 3.63) is 64.7 Å². The number of hydrogen-bond donors (Lipinski definition) is 1. The topological polar surface area (TPSA) is 20.2 Å². The quantitative estimate of drug-likeness (QED) is 0.674. The van der Waals surface area contributed by atoms with Crippen LogP contribution in [0.2, 0.25) is 0 Å². The number of halogens is 1. The van der Waals surface area contributed by atoms with Crippen LogP contribution in [-0.2, 0) is 16.2 Å². The maximum Gasteiger partial charge on any atom is 0.123 e. The molecule has 0 fully saturated rings. The molecule has 0 aromatic heterocycles. The molecule has 2 aromatic carbocycles. The van der Waals surface area contributed by atoms with Crippen molar-refractivity contribution < 1.29 is 5.11 Å². The SMILES string of the molecule is CC(C)(C)c1cc(CBr)c(O)c(C(C)(C)c2ccccc2)c1. The van der Waals surface area contributed by atoms with Gasteiger partial charge in [0.25, 0.3) is 0 Å². The molecule has 22 heavy (non-hydrogen) atoms. The van der Waals surface area contributed by atoms with E-state index in [1.54, 1.807) is 0 Å². The highest BCUT2D eigenvalue weighted by molar-refractivity contribution is 9.08. The zero-order chi connectivity index (χ0) is 16.5. The van der Waals surface area contributed by atoms with Gasteiger partial charge in [0, 0.05) is 21.9 Å². The van der Waals surface area contributed by atoms with E-state index in [4.69, 9.17) is 0 Å². The molecule has 0 spiro atoms. The summed E-state index contributed by atoms with van der Waals surface area (Å²) in [6.45, 7) is 11.0. The van der Waals surface area contributed by atoms with Crippen LogP contribution >= 0.6 is 15.9 Å². The largest absolute Gasteiger partial charge is 0.507 e. The first-order valence-corrected chi connectivity index (χ1v) is 8.78. The zero-order valence-corrected chi connectivity index (χ0v) is 15.7. The first kappa shape index (κ1) is 17.1. The van der Waals surface area contributed by atoms with Crippen LogP contribution in [0.15, 0.2) is 42.5 Å². The lowest BCUT2D eigenvalue weighted by molar-refractivity contribution is 0.446. The van der Waals surface area contributed by atoms with E-state index in [2.05, 4.69) is 74.8 Å². The molecular formula is C20H25BrO. The predicted octanol–water partition coefficient (Wildman–Crippen LogP) is 5.91. The molecular weight excluding hydrogens is 336 g/mol. The van der Waals surface area contributed by atoms with Gasteiger partial charge in [-0.3, -0.25) is 0 Å². The summed E-state index contributed by atoms with van der Waals surface area (Å²) in [7, 11) is 0. The van der Waals surface area contributed by atoms with Crippen molar-refractivity contribution in [1.82, 2.24) is 0 Å². The van der Waals surface area contributed by atoms with E-state index in [1.165, 1.54) is 11.1 Å². The minimum Gasteiger partial charge on any atom is -0.507 e. The average Bonchev–Trinajstić information content (AvgIpc) is 2.47. The molecule has 2 aromatic rings. The van der Waals surface area contributed by atoms with Gasteiger partial charge in [-0.25, -0.2) is 0 Å². The molecule has 0 radical (unpaired) electrons. The molecule has 0 aliphatic rings. The summed E-state index contributed by atoms with van der Waals surface area (Å²) in [6, 6.07) is 14.6. The lowest BCUT2D eigenvalue weighted by Crippen LogP contribution is -2.21. The smallest absolute Gasteiger partial charge is 0.123 e. The summed E-state index contributed by atoms with van der Waals surface area (Å²) >= 11 is 3.51. The Bertz CT molecular complexity index is 651. The first-order chi connectivity index (χ1) is 10.2. The summed E-state index contributed by atoms with van der Waals surface area (Å²) in [4.78, 5) is 0. The highest BCUT2D eigenvalue weighted by Gasteiger charge is 2.29. The van der Waals surface area contributed by atoms with Crippen LogP contribution in [0.25, 0.3) is 0 Å². The Morgan fingerprint density at radius 3 is 2.00 bits per heavy atom. The molecule has 0 aliphatic heterocycles. The monoisotopic (exact) mass is 360 g/mol. The van der Waals surface area contributed by atoms with Crippen molar-refractivity contribution in [3.63, 3.8) is 0 Å². The van der Waals surface area contributed by atoms with Crippen LogP contribution in [0.3, 0.4) is 0 Å². The highest BCUT2D eigenvalue weighted by Crippen LogP contribution is 2.41. The van der Waals surface area contributed by atoms with Crippen LogP contribution in [-0.4, -0.2) is 5.11 Å². The number of alkyl halides is 1. The van der Waals surface area contributed by atoms with Gasteiger partial charge in [0.05, 0.1) is 0 Å². The Hall–Kier alpha value is -1.28. The van der Waals surface area contributed by atoms with Gasteiger partial charge < -0.3 is 5.11 Å². The molecule has 0 heterocycles. The van der Waals surface area contributed by atoms with E-state index in [9.17, 15) is 5.11 Å². The van der Waals surface area contributed by atoms with E-state index < -0.39 is 0 Å². The fourth-order valence-electron chi connectivity index (χ4n) is 2.72. The van der Waals surface area contributed by atoms with Gasteiger partial charge in [0.2, 0.25) is 0 Å². The fraction of sp³-hybridized carbons (Fsp3) is 0.400. The summed E-state index contributed by atoms with van der Waals surface area (Å²) in [5.41, 5.74) is 4.19. The second-order valence-electron chi connectivity index (χ2n) is 7.41. The molecule has 0 atom stereocenters. The van der Waals surface area contributed by atoms with Crippen LogP contribution in [0.4, 0.5) is 0 Å². The minimum atomic E-state index is -0.247. The number of phenols is 1. The summed E-state index contributed by atoms with van der Waals surface area (Å²) in [6.07, 6.45) is 0. The van der Waals surface area contributed by atoms with Crippen molar-refractivity contribution in [3.8, 4) is 5.75 Å². The lowest BCUT2D eigenvalue weighted by Gasteiger charge is -2.30. The Morgan fingerprint density at radius 1 is 0.909 bits per heavy atom. The van der Waals surface area contributed by atoms with Crippen molar-refractivity contribution in [2.75, 3.05) is 0 Å². The third kappa shape index (κ3) is 3.22. The van der Waals surface area contributed by atoms with Gasteiger partial charge in [-0.15, -0.1) is 0 Å². The normalized spacial score (nSPS) is 12.5. The molecule has 0 amide bonds. The van der Waals surface area contributed by atoms with Gasteiger partial charge in [-0.05, 0) is 16.5 Å². The van der Waals surface area contributed by atoms with Crippen LogP contribution in [0.5, 0.6) is 5.75 Å². The van der Waals surface area contributed by atoms with Crippen molar-refractivity contribution in [1.29, 1.82) is 0 Å². The maximum atomic E-state index is 10.7. The zero-order valence-electron chi connectivity index (χ0n) is 14.1. The second-order valence-corrected chi connectivity index (χ2v) is 7.97. The van der Waals surface area contributed by atoms with Gasteiger partial charge in [-0.2, -0.15) is 0 Å². The summed E-state index contributed by atoms with van der Waals surface area (Å²) in [5.74, 6) is 0.402. The number of aromatic hydroxyl groups is 1. The van der Waals surface area contributed by atoms with E-state index >= 15 is 0 Å². The minimum absolute atomic E-state index is 0.0478. The Labute approximate surface area is 142 Å². The van der Waals surface area contributed by atoms with Crippen molar-refractivity contribution >= 4 is 15.9 Å². The van der Waals surface area contributed by atoms with E-state index in [-0.39, 0.29) is 10.8 Å². The number of benzene rings is 2. The fourth-order valence-corrected chi connectivity index (χ4v) is 3.14. The molecule has 118 valence electrons. The molecule has 0 bridgehead atoms. The predicted molar refractivity (Wildman–Crippen MR) is 98.0 cm³/mol. The van der Waals surface area contributed by atoms with Crippen molar-refractivity contribution in [2.45, 2.75) is 50.8 Å². The highest BCUT2D eigenvalue weighted by atomic mass is 79.9. The van der Waals surface area contributed by atoms with Gasteiger partial charge in [0.15, 0.2) is 0 Å². The Balaban J connectivity index is 2.68. The summed E-state index contributed by atoms with van der Waals surface area (Å²) < 4.78 is 0. The average molecular weight is 361 g/mol. The van der Waals surface area contributed by atoms with Gasteiger partial charge in [-0.1, -0.05) is 93.0 Å². The van der Waals surface area contributed by atoms with Gasteiger partial charge >= 0.3 is 0 Å². The third-order valence-electron chi connectivity index (χ3n) is 4.37. The number of hydrogen-bond acceptors (Lipinski definition) is 1. The molecule has 1 nitrogen and oxygen atoms in total. The van der Waals surface area contributed by atoms with E-state index in [0.29, 0.717) is 11.1 Å². The van der Waals surface area contributed by atoms with Crippen LogP contribution in [0, 0.1) is 0 Å². The van der Waals surface area contributed by atoms with E-state index in [1.807, 2.05) is 18.2 Å². The van der Waals surface area contributed by atoms with Crippen molar-refractivity contribution in [2.24, 2.45) is 0 Å². The molecule has 1 N–H and O–H groups in total. The molecule has 2 rings (SSSR count). The van der Waals surface area contributed by atoms with Crippen LogP contribution in [0.1, 0.15) is 56.9 Å². The third-order valence-corrected chi connectivity index (χ3v) is 4.97. The Kier molecular flexibility index (Phi) is 4.72. The molecule has 0 saturated heterocycles. The molecule has 0 unspecified atom stereocenters. The Morgan fingerprint density at radius 2 is 1.50 bits per heavy atom. The standard InChI is InChI=1S/C20H25BrO/c1-19(2,3)16-11-14(13-21)18(22)17(12-16)20(4,5)15-9-7-6-8-10-15/h6-12,22H,13H2,1-5H3. The molecule has 0 saturated carbocycles. The number of rotatable bonds is 3. The summed E-state index contributed by atoms with van der Waals surface area (Å²) in [5, 5.41) is 11.4. The second kappa shape index (κ2) is 6.08.